The molecular weight excluding hydrogens is 270 g/mol. The SMILES string of the molecule is Cc1ccc([C@]2(C#N)[C@H](c3ccccc3)C2(C#N)C#N)cc1. The third-order valence-electron chi connectivity index (χ3n) is 4.57. The van der Waals surface area contributed by atoms with Gasteiger partial charge in [0.1, 0.15) is 5.41 Å². The zero-order chi connectivity index (χ0) is 15.8. The summed E-state index contributed by atoms with van der Waals surface area (Å²) >= 11 is 0. The number of benzene rings is 2. The summed E-state index contributed by atoms with van der Waals surface area (Å²) in [5.74, 6) is -0.427. The van der Waals surface area contributed by atoms with Crippen molar-refractivity contribution in [1.82, 2.24) is 0 Å². The molecule has 1 aliphatic carbocycles. The van der Waals surface area contributed by atoms with E-state index in [-0.39, 0.29) is 0 Å². The van der Waals surface area contributed by atoms with Crippen LogP contribution < -0.4 is 0 Å². The van der Waals surface area contributed by atoms with Gasteiger partial charge < -0.3 is 0 Å². The fraction of sp³-hybridized carbons (Fsp3) is 0.211. The van der Waals surface area contributed by atoms with Crippen LogP contribution in [0.3, 0.4) is 0 Å². The van der Waals surface area contributed by atoms with Gasteiger partial charge in [-0.05, 0) is 18.1 Å². The predicted molar refractivity (Wildman–Crippen MR) is 81.3 cm³/mol. The van der Waals surface area contributed by atoms with Crippen LogP contribution in [0.25, 0.3) is 0 Å². The first-order valence-electron chi connectivity index (χ1n) is 7.02. The number of hydrogen-bond donors (Lipinski definition) is 0. The molecule has 3 heteroatoms. The van der Waals surface area contributed by atoms with Gasteiger partial charge in [-0.25, -0.2) is 0 Å². The first-order valence-corrected chi connectivity index (χ1v) is 7.02. The van der Waals surface area contributed by atoms with E-state index in [4.69, 9.17) is 0 Å². The van der Waals surface area contributed by atoms with E-state index in [1.54, 1.807) is 0 Å². The van der Waals surface area contributed by atoms with Gasteiger partial charge in [0.05, 0.1) is 18.2 Å². The smallest absolute Gasteiger partial charge is 0.175 e. The summed E-state index contributed by atoms with van der Waals surface area (Å²) in [6.45, 7) is 1.96. The number of nitrogens with zero attached hydrogens (tertiary/aromatic N) is 3. The third kappa shape index (κ3) is 1.53. The van der Waals surface area contributed by atoms with Gasteiger partial charge in [0, 0.05) is 5.92 Å². The molecule has 0 aliphatic heterocycles. The van der Waals surface area contributed by atoms with Crippen LogP contribution in [0.4, 0.5) is 0 Å². The Morgan fingerprint density at radius 2 is 1.41 bits per heavy atom. The van der Waals surface area contributed by atoms with E-state index in [9.17, 15) is 15.8 Å². The third-order valence-corrected chi connectivity index (χ3v) is 4.57. The molecular formula is C19H13N3. The van der Waals surface area contributed by atoms with E-state index in [2.05, 4.69) is 18.2 Å². The van der Waals surface area contributed by atoms with Crippen LogP contribution in [0.15, 0.2) is 54.6 Å². The second kappa shape index (κ2) is 4.73. The molecule has 2 atom stereocenters. The van der Waals surface area contributed by atoms with Crippen LogP contribution in [0.1, 0.15) is 22.6 Å². The Balaban J connectivity index is 2.23. The van der Waals surface area contributed by atoms with E-state index in [1.807, 2.05) is 61.5 Å². The Labute approximate surface area is 129 Å². The lowest BCUT2D eigenvalue weighted by Gasteiger charge is -2.10. The predicted octanol–water partition coefficient (Wildman–Crippen LogP) is 3.59. The van der Waals surface area contributed by atoms with E-state index in [0.717, 1.165) is 16.7 Å². The standard InChI is InChI=1S/C19H13N3/c1-14-7-9-16(10-8-14)19(13-22)17(18(19,11-20)12-21)15-5-3-2-4-6-15/h2-10,17H,1H3/t17-,19-/m1/s1. The molecule has 0 bridgehead atoms. The van der Waals surface area contributed by atoms with Crippen molar-refractivity contribution in [3.8, 4) is 18.2 Å². The summed E-state index contributed by atoms with van der Waals surface area (Å²) in [6, 6.07) is 23.4. The highest BCUT2D eigenvalue weighted by Crippen LogP contribution is 2.73. The lowest BCUT2D eigenvalue weighted by Crippen LogP contribution is -2.14. The molecule has 3 rings (SSSR count). The molecule has 1 saturated carbocycles. The Kier molecular flexibility index (Phi) is 2.98. The molecule has 0 N–H and O–H groups in total. The highest BCUT2D eigenvalue weighted by molar-refractivity contribution is 5.64. The van der Waals surface area contributed by atoms with E-state index in [0.29, 0.717) is 0 Å². The molecule has 0 spiro atoms. The maximum atomic E-state index is 9.86. The minimum Gasteiger partial charge on any atom is -0.197 e. The molecule has 22 heavy (non-hydrogen) atoms. The van der Waals surface area contributed by atoms with Crippen molar-refractivity contribution < 1.29 is 0 Å². The molecule has 2 aromatic rings. The van der Waals surface area contributed by atoms with Gasteiger partial charge in [0.25, 0.3) is 0 Å². The summed E-state index contributed by atoms with van der Waals surface area (Å²) in [5.41, 5.74) is 0.225. The molecule has 104 valence electrons. The fourth-order valence-corrected chi connectivity index (χ4v) is 3.38. The van der Waals surface area contributed by atoms with E-state index < -0.39 is 16.7 Å². The van der Waals surface area contributed by atoms with Crippen LogP contribution in [-0.4, -0.2) is 0 Å². The monoisotopic (exact) mass is 283 g/mol. The molecule has 0 radical (unpaired) electrons. The lowest BCUT2D eigenvalue weighted by atomic mass is 9.88. The van der Waals surface area contributed by atoms with Crippen LogP contribution in [-0.2, 0) is 5.41 Å². The first-order chi connectivity index (χ1) is 10.7. The topological polar surface area (TPSA) is 71.4 Å². The number of nitriles is 3. The molecule has 0 unspecified atom stereocenters. The van der Waals surface area contributed by atoms with E-state index >= 15 is 0 Å². The van der Waals surface area contributed by atoms with Crippen molar-refractivity contribution in [3.63, 3.8) is 0 Å². The Morgan fingerprint density at radius 3 is 1.91 bits per heavy atom. The zero-order valence-corrected chi connectivity index (χ0v) is 12.1. The summed E-state index contributed by atoms with van der Waals surface area (Å²) < 4.78 is 0. The van der Waals surface area contributed by atoms with Crippen LogP contribution in [0.5, 0.6) is 0 Å². The number of hydrogen-bond acceptors (Lipinski definition) is 3. The van der Waals surface area contributed by atoms with Crippen molar-refractivity contribution in [1.29, 1.82) is 15.8 Å². The molecule has 0 saturated heterocycles. The molecule has 1 aliphatic rings. The minimum absolute atomic E-state index is 0.427. The van der Waals surface area contributed by atoms with E-state index in [1.165, 1.54) is 0 Å². The van der Waals surface area contributed by atoms with Crippen molar-refractivity contribution >= 4 is 0 Å². The van der Waals surface area contributed by atoms with Crippen LogP contribution in [0, 0.1) is 46.3 Å². The van der Waals surface area contributed by atoms with Gasteiger partial charge in [-0.15, -0.1) is 0 Å². The maximum Gasteiger partial charge on any atom is 0.175 e. The maximum absolute atomic E-state index is 9.86. The highest BCUT2D eigenvalue weighted by Gasteiger charge is 2.81. The van der Waals surface area contributed by atoms with Crippen molar-refractivity contribution in [2.75, 3.05) is 0 Å². The summed E-state index contributed by atoms with van der Waals surface area (Å²) in [5, 5.41) is 29.2. The molecule has 0 aromatic heterocycles. The Bertz CT molecular complexity index is 817. The van der Waals surface area contributed by atoms with Crippen molar-refractivity contribution in [2.24, 2.45) is 5.41 Å². The first kappa shape index (κ1) is 13.9. The van der Waals surface area contributed by atoms with Gasteiger partial charge in [0.15, 0.2) is 5.41 Å². The number of aryl methyl sites for hydroxylation is 1. The lowest BCUT2D eigenvalue weighted by molar-refractivity contribution is 0.742. The van der Waals surface area contributed by atoms with Gasteiger partial charge in [-0.1, -0.05) is 60.2 Å². The Hall–Kier alpha value is -3.09. The minimum atomic E-state index is -1.33. The normalized spacial score (nSPS) is 24.5. The average molecular weight is 283 g/mol. The molecule has 2 aromatic carbocycles. The molecule has 3 nitrogen and oxygen atoms in total. The average Bonchev–Trinajstić information content (AvgIpc) is 3.20. The molecule has 0 heterocycles. The quantitative estimate of drug-likeness (QED) is 0.845. The highest BCUT2D eigenvalue weighted by atomic mass is 14.8. The second-order valence-electron chi connectivity index (χ2n) is 5.66. The van der Waals surface area contributed by atoms with Crippen molar-refractivity contribution in [2.45, 2.75) is 18.3 Å². The second-order valence-corrected chi connectivity index (χ2v) is 5.66. The van der Waals surface area contributed by atoms with Crippen molar-refractivity contribution in [3.05, 3.63) is 71.3 Å². The summed E-state index contributed by atoms with van der Waals surface area (Å²) in [4.78, 5) is 0. The van der Waals surface area contributed by atoms with Gasteiger partial charge >= 0.3 is 0 Å². The summed E-state index contributed by atoms with van der Waals surface area (Å²) in [7, 11) is 0. The largest absolute Gasteiger partial charge is 0.197 e. The summed E-state index contributed by atoms with van der Waals surface area (Å²) in [6.07, 6.45) is 0. The van der Waals surface area contributed by atoms with Crippen LogP contribution in [0.2, 0.25) is 0 Å². The molecule has 0 amide bonds. The van der Waals surface area contributed by atoms with Gasteiger partial charge in [-0.3, -0.25) is 0 Å². The zero-order valence-electron chi connectivity index (χ0n) is 12.1. The van der Waals surface area contributed by atoms with Gasteiger partial charge in [-0.2, -0.15) is 15.8 Å². The van der Waals surface area contributed by atoms with Gasteiger partial charge in [0.2, 0.25) is 0 Å². The number of rotatable bonds is 2. The molecule has 1 fully saturated rings. The van der Waals surface area contributed by atoms with Crippen LogP contribution >= 0.6 is 0 Å². The fourth-order valence-electron chi connectivity index (χ4n) is 3.38. The Morgan fingerprint density at radius 1 is 0.818 bits per heavy atom.